The molecule has 1 fully saturated rings. The van der Waals surface area contributed by atoms with E-state index in [2.05, 4.69) is 6.08 Å². The zero-order valence-corrected chi connectivity index (χ0v) is 26.7. The smallest absolute Gasteiger partial charge is 0.271 e. The summed E-state index contributed by atoms with van der Waals surface area (Å²) in [6.07, 6.45) is 3.50. The van der Waals surface area contributed by atoms with Crippen LogP contribution in [0.15, 0.2) is 102 Å². The highest BCUT2D eigenvalue weighted by molar-refractivity contribution is 6.22. The summed E-state index contributed by atoms with van der Waals surface area (Å²) in [5.74, 6) is -3.15. The van der Waals surface area contributed by atoms with Crippen LogP contribution in [0.25, 0.3) is 22.4 Å². The molecule has 2 aliphatic rings. The lowest BCUT2D eigenvalue weighted by Gasteiger charge is -2.36. The van der Waals surface area contributed by atoms with Crippen LogP contribution in [-0.4, -0.2) is 44.8 Å². The first-order valence-electron chi connectivity index (χ1n) is 16.3. The van der Waals surface area contributed by atoms with Gasteiger partial charge in [0.05, 0.1) is 35.2 Å². The molecular formula is C39H38N2O7. The van der Waals surface area contributed by atoms with Crippen molar-refractivity contribution in [3.63, 3.8) is 0 Å². The fourth-order valence-corrected chi connectivity index (χ4v) is 7.52. The predicted octanol–water partition coefficient (Wildman–Crippen LogP) is 7.05. The van der Waals surface area contributed by atoms with Crippen molar-refractivity contribution in [1.29, 1.82) is 0 Å². The molecule has 0 aromatic heterocycles. The van der Waals surface area contributed by atoms with E-state index < -0.39 is 47.2 Å². The number of phenolic OH excluding ortho intramolecular Hbond substituents is 1. The first-order valence-corrected chi connectivity index (χ1v) is 16.3. The van der Waals surface area contributed by atoms with Crippen LogP contribution in [0, 0.1) is 27.9 Å². The number of non-ortho nitro benzene ring substituents is 1. The number of anilines is 1. The Morgan fingerprint density at radius 2 is 1.71 bits per heavy atom. The van der Waals surface area contributed by atoms with Gasteiger partial charge in [-0.25, -0.2) is 4.90 Å². The third-order valence-electron chi connectivity index (χ3n) is 9.69. The number of aliphatic hydroxyl groups is 2. The van der Waals surface area contributed by atoms with Gasteiger partial charge in [0.25, 0.3) is 5.69 Å². The summed E-state index contributed by atoms with van der Waals surface area (Å²) in [6.45, 7) is 1.58. The minimum Gasteiger partial charge on any atom is -0.507 e. The van der Waals surface area contributed by atoms with Crippen LogP contribution < -0.4 is 4.90 Å². The van der Waals surface area contributed by atoms with Gasteiger partial charge in [0.15, 0.2) is 0 Å². The van der Waals surface area contributed by atoms with E-state index in [4.69, 9.17) is 0 Å². The van der Waals surface area contributed by atoms with Crippen molar-refractivity contribution in [2.45, 2.75) is 45.1 Å². The standard InChI is InChI=1S/C39H38N2O7/c1-2-9-27-21-32-37(39(46)40(38(32)45)28-12-8-13-29(22-28)41(47)48)33(23-42)36(27)35(44)19-16-25(24-10-4-3-5-11-24)20-26-17-18-34(43)31-15-7-6-14-30(26)31/h3-8,10-15,17-18,20,22,32-33,35,37,42-44H,2,9,16,19,21,23H2,1H3/b25-20-/t32-,33+,35-,37-/m1/s1. The van der Waals surface area contributed by atoms with Crippen LogP contribution in [0.3, 0.4) is 0 Å². The zero-order chi connectivity index (χ0) is 33.9. The highest BCUT2D eigenvalue weighted by Crippen LogP contribution is 2.48. The number of hydrogen-bond acceptors (Lipinski definition) is 7. The third kappa shape index (κ3) is 6.14. The molecule has 0 unspecified atom stereocenters. The number of imide groups is 1. The second-order valence-electron chi connectivity index (χ2n) is 12.5. The number of carbonyl (C=O) groups excluding carboxylic acids is 2. The molecule has 4 atom stereocenters. The number of amides is 2. The first kappa shape index (κ1) is 32.8. The Balaban J connectivity index is 1.32. The quantitative estimate of drug-likeness (QED) is 0.0521. The van der Waals surface area contributed by atoms with E-state index in [-0.39, 0.29) is 23.5 Å². The van der Waals surface area contributed by atoms with Gasteiger partial charge in [0, 0.05) is 23.4 Å². The van der Waals surface area contributed by atoms with E-state index in [1.807, 2.05) is 67.6 Å². The van der Waals surface area contributed by atoms with Crippen molar-refractivity contribution >= 4 is 45.6 Å². The zero-order valence-electron chi connectivity index (χ0n) is 26.7. The van der Waals surface area contributed by atoms with E-state index in [1.165, 1.54) is 24.3 Å². The molecule has 0 saturated carbocycles. The molecule has 0 radical (unpaired) electrons. The number of rotatable bonds is 11. The van der Waals surface area contributed by atoms with Crippen LogP contribution >= 0.6 is 0 Å². The summed E-state index contributed by atoms with van der Waals surface area (Å²) >= 11 is 0. The molecule has 2 amide bonds. The Kier molecular flexibility index (Phi) is 9.52. The van der Waals surface area contributed by atoms with Gasteiger partial charge in [-0.2, -0.15) is 0 Å². The Labute approximate surface area is 278 Å². The molecule has 4 aromatic carbocycles. The summed E-state index contributed by atoms with van der Waals surface area (Å²) in [5.41, 5.74) is 4.27. The number of aromatic hydroxyl groups is 1. The maximum atomic E-state index is 13.9. The lowest BCUT2D eigenvalue weighted by atomic mass is 9.67. The van der Waals surface area contributed by atoms with Crippen molar-refractivity contribution in [3.05, 3.63) is 123 Å². The first-order chi connectivity index (χ1) is 23.2. The Morgan fingerprint density at radius 1 is 0.979 bits per heavy atom. The van der Waals surface area contributed by atoms with Gasteiger partial charge < -0.3 is 15.3 Å². The molecular weight excluding hydrogens is 608 g/mol. The van der Waals surface area contributed by atoms with E-state index in [0.717, 1.165) is 44.4 Å². The fraction of sp³-hybridized carbons (Fsp3) is 0.282. The van der Waals surface area contributed by atoms with Crippen molar-refractivity contribution in [2.24, 2.45) is 17.8 Å². The Hall–Kier alpha value is -5.12. The maximum absolute atomic E-state index is 13.9. The van der Waals surface area contributed by atoms with Gasteiger partial charge in [-0.1, -0.05) is 91.7 Å². The number of allylic oxidation sites excluding steroid dienone is 2. The number of nitrogens with zero attached hydrogens (tertiary/aromatic N) is 2. The summed E-state index contributed by atoms with van der Waals surface area (Å²) < 4.78 is 0. The topological polar surface area (TPSA) is 141 Å². The van der Waals surface area contributed by atoms with Crippen molar-refractivity contribution in [1.82, 2.24) is 0 Å². The van der Waals surface area contributed by atoms with Gasteiger partial charge in [-0.05, 0) is 65.5 Å². The monoisotopic (exact) mass is 646 g/mol. The van der Waals surface area contributed by atoms with Gasteiger partial charge in [-0.15, -0.1) is 0 Å². The maximum Gasteiger partial charge on any atom is 0.271 e. The number of carbonyl (C=O) groups is 2. The molecule has 1 aliphatic heterocycles. The Bertz CT molecular complexity index is 1930. The fourth-order valence-electron chi connectivity index (χ4n) is 7.52. The van der Waals surface area contributed by atoms with Crippen molar-refractivity contribution < 1.29 is 29.8 Å². The van der Waals surface area contributed by atoms with Crippen LogP contribution in [-0.2, 0) is 9.59 Å². The van der Waals surface area contributed by atoms with Gasteiger partial charge in [0.2, 0.25) is 11.8 Å². The normalized spacial score (nSPS) is 20.4. The predicted molar refractivity (Wildman–Crippen MR) is 185 cm³/mol. The average molecular weight is 647 g/mol. The number of nitro groups is 1. The van der Waals surface area contributed by atoms with Gasteiger partial charge in [-0.3, -0.25) is 19.7 Å². The Morgan fingerprint density at radius 3 is 2.42 bits per heavy atom. The number of aliphatic hydroxyl groups excluding tert-OH is 2. The minimum absolute atomic E-state index is 0.129. The van der Waals surface area contributed by atoms with Crippen LogP contribution in [0.5, 0.6) is 5.75 Å². The highest BCUT2D eigenvalue weighted by Gasteiger charge is 2.55. The van der Waals surface area contributed by atoms with Gasteiger partial charge in [0.1, 0.15) is 5.75 Å². The lowest BCUT2D eigenvalue weighted by molar-refractivity contribution is -0.384. The van der Waals surface area contributed by atoms with Crippen LogP contribution in [0.4, 0.5) is 11.4 Å². The molecule has 9 heteroatoms. The molecule has 6 rings (SSSR count). The minimum atomic E-state index is -0.983. The van der Waals surface area contributed by atoms with Gasteiger partial charge >= 0.3 is 0 Å². The van der Waals surface area contributed by atoms with Crippen LogP contribution in [0.1, 0.15) is 50.2 Å². The molecule has 9 nitrogen and oxygen atoms in total. The summed E-state index contributed by atoms with van der Waals surface area (Å²) in [4.78, 5) is 39.5. The van der Waals surface area contributed by atoms with Crippen molar-refractivity contribution in [3.8, 4) is 5.75 Å². The second kappa shape index (κ2) is 13.9. The molecule has 1 aliphatic carbocycles. The molecule has 4 aromatic rings. The van der Waals surface area contributed by atoms with E-state index in [1.54, 1.807) is 6.07 Å². The highest BCUT2D eigenvalue weighted by atomic mass is 16.6. The number of hydrogen-bond donors (Lipinski definition) is 3. The lowest BCUT2D eigenvalue weighted by Crippen LogP contribution is -2.39. The van der Waals surface area contributed by atoms with Crippen molar-refractivity contribution in [2.75, 3.05) is 11.5 Å². The number of fused-ring (bicyclic) bond motifs is 2. The average Bonchev–Trinajstić information content (AvgIpc) is 3.35. The number of phenols is 1. The molecule has 1 heterocycles. The number of nitro benzene ring substituents is 1. The second-order valence-corrected chi connectivity index (χ2v) is 12.5. The van der Waals surface area contributed by atoms with Crippen LogP contribution in [0.2, 0.25) is 0 Å². The molecule has 3 N–H and O–H groups in total. The molecule has 0 spiro atoms. The largest absolute Gasteiger partial charge is 0.507 e. The molecule has 48 heavy (non-hydrogen) atoms. The van der Waals surface area contributed by atoms with E-state index >= 15 is 0 Å². The molecule has 0 bridgehead atoms. The number of benzene rings is 4. The SMILES string of the molecule is CCCC1=C([C@H](O)CC/C(=C/c2ccc(O)c3ccccc23)c2ccccc2)[C@H](CO)[C@@H]2C(=O)N(c3cccc([N+](=O)[O-])c3)C(=O)[C@@H]2C1. The van der Waals surface area contributed by atoms with E-state index in [9.17, 15) is 35.0 Å². The van der Waals surface area contributed by atoms with E-state index in [0.29, 0.717) is 24.8 Å². The summed E-state index contributed by atoms with van der Waals surface area (Å²) in [5, 5.41) is 46.1. The summed E-state index contributed by atoms with van der Waals surface area (Å²) in [7, 11) is 0. The molecule has 246 valence electrons. The third-order valence-corrected chi connectivity index (χ3v) is 9.69. The molecule has 1 saturated heterocycles. The summed E-state index contributed by atoms with van der Waals surface area (Å²) in [6, 6.07) is 26.5.